The van der Waals surface area contributed by atoms with Crippen molar-refractivity contribution in [2.24, 2.45) is 5.73 Å². The first kappa shape index (κ1) is 15.1. The van der Waals surface area contributed by atoms with Crippen molar-refractivity contribution in [1.82, 2.24) is 0 Å². The maximum absolute atomic E-state index is 6.07. The van der Waals surface area contributed by atoms with Gasteiger partial charge in [-0.05, 0) is 24.6 Å². The second-order valence-corrected chi connectivity index (χ2v) is 10.8. The molecule has 15 heavy (non-hydrogen) atoms. The fourth-order valence-electron chi connectivity index (χ4n) is 1.08. The molecule has 0 saturated carbocycles. The van der Waals surface area contributed by atoms with Gasteiger partial charge < -0.3 is 10.2 Å². The summed E-state index contributed by atoms with van der Waals surface area (Å²) >= 11 is 0. The molecule has 0 aliphatic heterocycles. The first-order valence-electron chi connectivity index (χ1n) is 6.10. The summed E-state index contributed by atoms with van der Waals surface area (Å²) in [5.41, 5.74) is 6.01. The lowest BCUT2D eigenvalue weighted by molar-refractivity contribution is 0.256. The lowest BCUT2D eigenvalue weighted by Gasteiger charge is -2.36. The highest BCUT2D eigenvalue weighted by Gasteiger charge is 2.37. The molecule has 92 valence electrons. The van der Waals surface area contributed by atoms with E-state index in [1.54, 1.807) is 0 Å². The molecule has 0 unspecified atom stereocenters. The van der Waals surface area contributed by atoms with E-state index in [-0.39, 0.29) is 11.1 Å². The van der Waals surface area contributed by atoms with Crippen molar-refractivity contribution in [2.75, 3.05) is 6.61 Å². The Morgan fingerprint density at radius 3 is 2.20 bits per heavy atom. The van der Waals surface area contributed by atoms with Crippen LogP contribution in [0.3, 0.4) is 0 Å². The van der Waals surface area contributed by atoms with Crippen molar-refractivity contribution < 1.29 is 4.43 Å². The second kappa shape index (κ2) is 6.02. The van der Waals surface area contributed by atoms with Gasteiger partial charge in [-0.3, -0.25) is 0 Å². The zero-order valence-corrected chi connectivity index (χ0v) is 12.4. The van der Waals surface area contributed by atoms with Crippen molar-refractivity contribution >= 4 is 8.32 Å². The van der Waals surface area contributed by atoms with Gasteiger partial charge in [0.1, 0.15) is 0 Å². The van der Waals surface area contributed by atoms with E-state index in [2.05, 4.69) is 40.8 Å². The molecule has 3 heteroatoms. The molecule has 0 aliphatic carbocycles. The highest BCUT2D eigenvalue weighted by molar-refractivity contribution is 6.74. The Kier molecular flexibility index (Phi) is 6.07. The van der Waals surface area contributed by atoms with Gasteiger partial charge in [0.05, 0.1) is 0 Å². The predicted octanol–water partition coefficient (Wildman–Crippen LogP) is 3.53. The van der Waals surface area contributed by atoms with Crippen molar-refractivity contribution in [1.29, 1.82) is 0 Å². The fourth-order valence-corrected chi connectivity index (χ4v) is 2.15. The van der Waals surface area contributed by atoms with Crippen molar-refractivity contribution in [3.63, 3.8) is 0 Å². The zero-order chi connectivity index (χ0) is 12.1. The van der Waals surface area contributed by atoms with E-state index >= 15 is 0 Å². The number of hydrogen-bond acceptors (Lipinski definition) is 2. The molecule has 0 amide bonds. The molecule has 0 heterocycles. The van der Waals surface area contributed by atoms with Crippen LogP contribution >= 0.6 is 0 Å². The van der Waals surface area contributed by atoms with Gasteiger partial charge in [0.2, 0.25) is 0 Å². The van der Waals surface area contributed by atoms with E-state index in [1.807, 2.05) is 0 Å². The predicted molar refractivity (Wildman–Crippen MR) is 70.6 cm³/mol. The van der Waals surface area contributed by atoms with Crippen LogP contribution in [-0.4, -0.2) is 21.0 Å². The van der Waals surface area contributed by atoms with E-state index in [0.29, 0.717) is 0 Å². The molecular formula is C12H29NOSi. The highest BCUT2D eigenvalue weighted by atomic mass is 28.4. The molecular weight excluding hydrogens is 202 g/mol. The van der Waals surface area contributed by atoms with E-state index in [4.69, 9.17) is 10.2 Å². The van der Waals surface area contributed by atoms with E-state index in [1.165, 1.54) is 12.8 Å². The number of hydrogen-bond donors (Lipinski definition) is 1. The minimum absolute atomic E-state index is 0.221. The van der Waals surface area contributed by atoms with Crippen molar-refractivity contribution in [2.45, 2.75) is 71.1 Å². The third-order valence-electron chi connectivity index (χ3n) is 3.39. The van der Waals surface area contributed by atoms with E-state index in [9.17, 15) is 0 Å². The molecule has 0 rings (SSSR count). The van der Waals surface area contributed by atoms with Crippen LogP contribution in [0, 0.1) is 0 Å². The van der Waals surface area contributed by atoms with Gasteiger partial charge in [-0.25, -0.2) is 0 Å². The average Bonchev–Trinajstić information content (AvgIpc) is 2.09. The van der Waals surface area contributed by atoms with Gasteiger partial charge in [-0.15, -0.1) is 0 Å². The van der Waals surface area contributed by atoms with Gasteiger partial charge in [-0.1, -0.05) is 40.5 Å². The highest BCUT2D eigenvalue weighted by Crippen LogP contribution is 2.36. The number of unbranched alkanes of at least 4 members (excludes halogenated alkanes) is 1. The number of rotatable bonds is 6. The topological polar surface area (TPSA) is 35.2 Å². The van der Waals surface area contributed by atoms with Gasteiger partial charge >= 0.3 is 0 Å². The Morgan fingerprint density at radius 2 is 1.80 bits per heavy atom. The molecule has 0 saturated heterocycles. The summed E-state index contributed by atoms with van der Waals surface area (Å²) in [5.74, 6) is 0. The molecule has 0 bridgehead atoms. The van der Waals surface area contributed by atoms with Crippen LogP contribution in [-0.2, 0) is 4.43 Å². The summed E-state index contributed by atoms with van der Waals surface area (Å²) in [6.45, 7) is 14.3. The monoisotopic (exact) mass is 231 g/mol. The van der Waals surface area contributed by atoms with E-state index in [0.717, 1.165) is 13.0 Å². The standard InChI is InChI=1S/C12H29NOSi/c1-7-8-9-11(13)10-14-15(5,6)12(2,3)4/h11H,7-10,13H2,1-6H3/t11-/m1/s1. The zero-order valence-electron chi connectivity index (χ0n) is 11.4. The van der Waals surface area contributed by atoms with Crippen LogP contribution in [0.1, 0.15) is 47.0 Å². The lowest BCUT2D eigenvalue weighted by Crippen LogP contribution is -2.44. The summed E-state index contributed by atoms with van der Waals surface area (Å²) in [6, 6.07) is 0.221. The Morgan fingerprint density at radius 1 is 1.27 bits per heavy atom. The van der Waals surface area contributed by atoms with Gasteiger partial charge in [-0.2, -0.15) is 0 Å². The summed E-state index contributed by atoms with van der Waals surface area (Å²) < 4.78 is 6.07. The van der Waals surface area contributed by atoms with Gasteiger partial charge in [0.15, 0.2) is 8.32 Å². The molecule has 0 fully saturated rings. The average molecular weight is 231 g/mol. The van der Waals surface area contributed by atoms with Crippen LogP contribution in [0.4, 0.5) is 0 Å². The van der Waals surface area contributed by atoms with Crippen molar-refractivity contribution in [3.05, 3.63) is 0 Å². The normalized spacial score (nSPS) is 15.4. The van der Waals surface area contributed by atoms with E-state index < -0.39 is 8.32 Å². The lowest BCUT2D eigenvalue weighted by atomic mass is 10.1. The molecule has 0 aromatic carbocycles. The Labute approximate surface area is 96.7 Å². The summed E-state index contributed by atoms with van der Waals surface area (Å²) in [5, 5.41) is 0.289. The van der Waals surface area contributed by atoms with Crippen LogP contribution in [0.15, 0.2) is 0 Å². The molecule has 0 aromatic heterocycles. The molecule has 1 atom stereocenters. The van der Waals surface area contributed by atoms with Crippen LogP contribution in [0.25, 0.3) is 0 Å². The first-order chi connectivity index (χ1) is 6.70. The first-order valence-corrected chi connectivity index (χ1v) is 9.01. The molecule has 0 aromatic rings. The smallest absolute Gasteiger partial charge is 0.192 e. The third kappa shape index (κ3) is 5.69. The summed E-state index contributed by atoms with van der Waals surface area (Å²) in [4.78, 5) is 0. The minimum atomic E-state index is -1.59. The maximum Gasteiger partial charge on any atom is 0.192 e. The Bertz CT molecular complexity index is 175. The molecule has 0 spiro atoms. The SMILES string of the molecule is CCCC[C@@H](N)CO[Si](C)(C)C(C)(C)C. The summed E-state index contributed by atoms with van der Waals surface area (Å²) in [7, 11) is -1.59. The third-order valence-corrected chi connectivity index (χ3v) is 7.89. The molecule has 2 N–H and O–H groups in total. The minimum Gasteiger partial charge on any atom is -0.415 e. The maximum atomic E-state index is 6.07. The van der Waals surface area contributed by atoms with Crippen LogP contribution in [0.2, 0.25) is 18.1 Å². The van der Waals surface area contributed by atoms with Gasteiger partial charge in [0.25, 0.3) is 0 Å². The molecule has 2 nitrogen and oxygen atoms in total. The van der Waals surface area contributed by atoms with Crippen molar-refractivity contribution in [3.8, 4) is 0 Å². The van der Waals surface area contributed by atoms with Crippen LogP contribution in [0.5, 0.6) is 0 Å². The number of nitrogens with two attached hydrogens (primary N) is 1. The Balaban J connectivity index is 3.93. The molecule has 0 radical (unpaired) electrons. The second-order valence-electron chi connectivity index (χ2n) is 5.97. The van der Waals surface area contributed by atoms with Gasteiger partial charge in [0, 0.05) is 12.6 Å². The van der Waals surface area contributed by atoms with Crippen LogP contribution < -0.4 is 5.73 Å². The summed E-state index contributed by atoms with van der Waals surface area (Å²) in [6.07, 6.45) is 3.51. The molecule has 0 aliphatic rings. The largest absolute Gasteiger partial charge is 0.415 e. The fraction of sp³-hybridized carbons (Fsp3) is 1.00. The quantitative estimate of drug-likeness (QED) is 0.710. The Hall–Kier alpha value is 0.137.